The Morgan fingerprint density at radius 3 is 2.50 bits per heavy atom. The SMILES string of the molecule is Cc1cc([C@@H]2[C@@H](c3ccccn3)NC(=S)N2CCC(=O)Nc2ccc(F)cc2)c(C)n1-c1ccccc1C(=O)O. The van der Waals surface area contributed by atoms with Crippen LogP contribution in [0.1, 0.15) is 51.5 Å². The fourth-order valence-corrected chi connectivity index (χ4v) is 5.60. The van der Waals surface area contributed by atoms with Gasteiger partial charge >= 0.3 is 5.97 Å². The van der Waals surface area contributed by atoms with Gasteiger partial charge in [0.05, 0.1) is 29.0 Å². The molecule has 2 aromatic carbocycles. The molecular weight excluding hydrogens is 529 g/mol. The molecular formula is C30H28FN5O3S. The molecule has 10 heteroatoms. The van der Waals surface area contributed by atoms with Crippen molar-refractivity contribution < 1.29 is 19.1 Å². The first-order chi connectivity index (χ1) is 19.2. The van der Waals surface area contributed by atoms with E-state index in [0.29, 0.717) is 23.0 Å². The predicted molar refractivity (Wildman–Crippen MR) is 154 cm³/mol. The van der Waals surface area contributed by atoms with Crippen LogP contribution < -0.4 is 10.6 Å². The molecule has 2 atom stereocenters. The number of carboxylic acid groups (broad SMARTS) is 1. The summed E-state index contributed by atoms with van der Waals surface area (Å²) in [6, 6.07) is 19.6. The number of amides is 1. The number of halogens is 1. The number of carbonyl (C=O) groups is 2. The fourth-order valence-electron chi connectivity index (χ4n) is 5.27. The molecule has 0 bridgehead atoms. The van der Waals surface area contributed by atoms with Crippen molar-refractivity contribution in [3.8, 4) is 5.69 Å². The topological polar surface area (TPSA) is 99.5 Å². The van der Waals surface area contributed by atoms with Gasteiger partial charge < -0.3 is 25.2 Å². The van der Waals surface area contributed by atoms with Crippen molar-refractivity contribution in [1.29, 1.82) is 0 Å². The number of hydrogen-bond donors (Lipinski definition) is 3. The maximum Gasteiger partial charge on any atom is 0.337 e. The van der Waals surface area contributed by atoms with Crippen molar-refractivity contribution in [1.82, 2.24) is 19.8 Å². The number of aryl methyl sites for hydroxylation is 1. The molecule has 3 N–H and O–H groups in total. The molecule has 204 valence electrons. The van der Waals surface area contributed by atoms with Crippen LogP contribution in [0, 0.1) is 19.7 Å². The number of hydrogen-bond acceptors (Lipinski definition) is 4. The maximum absolute atomic E-state index is 13.3. The standard InChI is InChI=1S/C30H28FN5O3S/c1-18-17-23(19(2)36(18)25-9-4-3-7-22(25)29(38)39)28-27(24-8-5-6-15-32-24)34-30(40)35(28)16-14-26(37)33-21-12-10-20(31)11-13-21/h3-13,15,17,27-28H,14,16H2,1-2H3,(H,33,37)(H,34,40)(H,38,39)/t27-,28-/m1/s1. The summed E-state index contributed by atoms with van der Waals surface area (Å²) >= 11 is 5.75. The monoisotopic (exact) mass is 557 g/mol. The molecule has 0 radical (unpaired) electrons. The highest BCUT2D eigenvalue weighted by atomic mass is 32.1. The zero-order valence-corrected chi connectivity index (χ0v) is 22.8. The molecule has 40 heavy (non-hydrogen) atoms. The third-order valence-corrected chi connectivity index (χ3v) is 7.42. The minimum atomic E-state index is -1.01. The number of aromatic nitrogens is 2. The van der Waals surface area contributed by atoms with Gasteiger partial charge in [0, 0.05) is 36.2 Å². The first-order valence-electron chi connectivity index (χ1n) is 12.8. The molecule has 1 saturated heterocycles. The Labute approximate surface area is 236 Å². The Bertz CT molecular complexity index is 1570. The third kappa shape index (κ3) is 5.30. The fraction of sp³-hybridized carbons (Fsp3) is 0.200. The van der Waals surface area contributed by atoms with Crippen molar-refractivity contribution in [3.63, 3.8) is 0 Å². The molecule has 1 amide bonds. The van der Waals surface area contributed by atoms with Crippen LogP contribution in [-0.4, -0.2) is 43.1 Å². The molecule has 0 saturated carbocycles. The van der Waals surface area contributed by atoms with Gasteiger partial charge in [-0.3, -0.25) is 9.78 Å². The number of nitrogens with one attached hydrogen (secondary N) is 2. The van der Waals surface area contributed by atoms with Crippen LogP contribution in [0.15, 0.2) is 79.0 Å². The van der Waals surface area contributed by atoms with Gasteiger partial charge in [-0.2, -0.15) is 0 Å². The molecule has 0 unspecified atom stereocenters. The molecule has 8 nitrogen and oxygen atoms in total. The zero-order valence-electron chi connectivity index (χ0n) is 22.0. The maximum atomic E-state index is 13.3. The van der Waals surface area contributed by atoms with Crippen LogP contribution in [0.4, 0.5) is 10.1 Å². The summed E-state index contributed by atoms with van der Waals surface area (Å²) in [7, 11) is 0. The van der Waals surface area contributed by atoms with Gasteiger partial charge in [0.1, 0.15) is 5.82 Å². The molecule has 0 aliphatic carbocycles. The van der Waals surface area contributed by atoms with Crippen LogP contribution in [0.3, 0.4) is 0 Å². The van der Waals surface area contributed by atoms with E-state index < -0.39 is 5.97 Å². The second-order valence-corrected chi connectivity index (χ2v) is 10.00. The first-order valence-corrected chi connectivity index (χ1v) is 13.2. The van der Waals surface area contributed by atoms with E-state index in [0.717, 1.165) is 22.6 Å². The number of aromatic carboxylic acids is 1. The van der Waals surface area contributed by atoms with Crippen molar-refractivity contribution in [3.05, 3.63) is 113 Å². The summed E-state index contributed by atoms with van der Waals surface area (Å²) in [5.41, 5.74) is 4.76. The lowest BCUT2D eigenvalue weighted by Gasteiger charge is -2.28. The quantitative estimate of drug-likeness (QED) is 0.252. The number of carbonyl (C=O) groups excluding carboxylic acids is 1. The van der Waals surface area contributed by atoms with E-state index in [9.17, 15) is 19.1 Å². The van der Waals surface area contributed by atoms with Gasteiger partial charge in [0.25, 0.3) is 0 Å². The van der Waals surface area contributed by atoms with Crippen LogP contribution in [0.5, 0.6) is 0 Å². The second kappa shape index (κ2) is 11.3. The molecule has 1 fully saturated rings. The Kier molecular flexibility index (Phi) is 7.61. The van der Waals surface area contributed by atoms with Gasteiger partial charge in [-0.25, -0.2) is 9.18 Å². The number of carboxylic acids is 1. The van der Waals surface area contributed by atoms with Crippen LogP contribution in [0.25, 0.3) is 5.69 Å². The summed E-state index contributed by atoms with van der Waals surface area (Å²) in [4.78, 5) is 31.4. The van der Waals surface area contributed by atoms with E-state index in [4.69, 9.17) is 12.2 Å². The second-order valence-electron chi connectivity index (χ2n) is 9.61. The summed E-state index contributed by atoms with van der Waals surface area (Å²) in [5.74, 6) is -1.61. The molecule has 0 spiro atoms. The van der Waals surface area contributed by atoms with E-state index in [1.54, 1.807) is 24.4 Å². The van der Waals surface area contributed by atoms with Gasteiger partial charge in [0.2, 0.25) is 5.91 Å². The Balaban J connectivity index is 1.50. The average molecular weight is 558 g/mol. The zero-order chi connectivity index (χ0) is 28.4. The van der Waals surface area contributed by atoms with E-state index in [2.05, 4.69) is 15.6 Å². The summed E-state index contributed by atoms with van der Waals surface area (Å²) < 4.78 is 15.2. The van der Waals surface area contributed by atoms with Gasteiger partial charge in [-0.05, 0) is 86.2 Å². The smallest absolute Gasteiger partial charge is 0.337 e. The molecule has 3 heterocycles. The first kappa shape index (κ1) is 27.0. The highest BCUT2D eigenvalue weighted by Crippen LogP contribution is 2.41. The normalized spacial score (nSPS) is 16.6. The predicted octanol–water partition coefficient (Wildman–Crippen LogP) is 5.33. The van der Waals surface area contributed by atoms with E-state index in [1.165, 1.54) is 24.3 Å². The Morgan fingerprint density at radius 2 is 1.80 bits per heavy atom. The summed E-state index contributed by atoms with van der Waals surface area (Å²) in [6.07, 6.45) is 1.87. The number of thiocarbonyl (C=S) groups is 1. The number of pyridine rings is 1. The highest BCUT2D eigenvalue weighted by molar-refractivity contribution is 7.80. The number of rotatable bonds is 8. The minimum absolute atomic E-state index is 0.144. The lowest BCUT2D eigenvalue weighted by Crippen LogP contribution is -2.32. The summed E-state index contributed by atoms with van der Waals surface area (Å²) in [6.45, 7) is 4.21. The van der Waals surface area contributed by atoms with Gasteiger partial charge in [0.15, 0.2) is 5.11 Å². The molecule has 4 aromatic rings. The van der Waals surface area contributed by atoms with Gasteiger partial charge in [-0.1, -0.05) is 18.2 Å². The third-order valence-electron chi connectivity index (χ3n) is 7.07. The van der Waals surface area contributed by atoms with Crippen LogP contribution >= 0.6 is 12.2 Å². The van der Waals surface area contributed by atoms with Crippen LogP contribution in [-0.2, 0) is 4.79 Å². The average Bonchev–Trinajstić information content (AvgIpc) is 3.43. The van der Waals surface area contributed by atoms with Crippen molar-refractivity contribution in [2.45, 2.75) is 32.4 Å². The van der Waals surface area contributed by atoms with E-state index in [1.807, 2.05) is 53.6 Å². The van der Waals surface area contributed by atoms with E-state index >= 15 is 0 Å². The van der Waals surface area contributed by atoms with E-state index in [-0.39, 0.29) is 35.8 Å². The van der Waals surface area contributed by atoms with Crippen LogP contribution in [0.2, 0.25) is 0 Å². The highest BCUT2D eigenvalue weighted by Gasteiger charge is 2.41. The van der Waals surface area contributed by atoms with Crippen molar-refractivity contribution in [2.75, 3.05) is 11.9 Å². The van der Waals surface area contributed by atoms with Crippen molar-refractivity contribution >= 4 is 34.9 Å². The molecule has 1 aliphatic heterocycles. The minimum Gasteiger partial charge on any atom is -0.478 e. The number of benzene rings is 2. The largest absolute Gasteiger partial charge is 0.478 e. The lowest BCUT2D eigenvalue weighted by atomic mass is 9.96. The van der Waals surface area contributed by atoms with Gasteiger partial charge in [-0.15, -0.1) is 0 Å². The number of para-hydroxylation sites is 1. The Morgan fingerprint density at radius 1 is 1.07 bits per heavy atom. The summed E-state index contributed by atoms with van der Waals surface area (Å²) in [5, 5.41) is 16.5. The number of anilines is 1. The molecule has 5 rings (SSSR count). The molecule has 1 aliphatic rings. The lowest BCUT2D eigenvalue weighted by molar-refractivity contribution is -0.116. The number of nitrogens with zero attached hydrogens (tertiary/aromatic N) is 3. The van der Waals surface area contributed by atoms with Crippen molar-refractivity contribution in [2.24, 2.45) is 0 Å². The Hall–Kier alpha value is -4.57. The molecule has 2 aromatic heterocycles.